The van der Waals surface area contributed by atoms with Crippen LogP contribution in [0.3, 0.4) is 0 Å². The molecule has 1 aliphatic rings. The Hall–Kier alpha value is -1.37. The summed E-state index contributed by atoms with van der Waals surface area (Å²) in [6, 6.07) is 1.83. The number of anilines is 1. The Morgan fingerprint density at radius 2 is 1.95 bits per heavy atom. The molecule has 0 radical (unpaired) electrons. The van der Waals surface area contributed by atoms with Crippen molar-refractivity contribution < 1.29 is 4.52 Å². The molecule has 118 valence electrons. The molecule has 0 bridgehead atoms. The number of nitrogens with zero attached hydrogens (tertiary/aromatic N) is 5. The van der Waals surface area contributed by atoms with Gasteiger partial charge in [-0.3, -0.25) is 4.90 Å². The van der Waals surface area contributed by atoms with Gasteiger partial charge in [0, 0.05) is 32.4 Å². The smallest absolute Gasteiger partial charge is 0.243 e. The van der Waals surface area contributed by atoms with Gasteiger partial charge in [0.05, 0.1) is 16.1 Å². The number of piperazine rings is 1. The normalized spacial score (nSPS) is 17.7. The van der Waals surface area contributed by atoms with E-state index in [1.165, 1.54) is 0 Å². The third-order valence-corrected chi connectivity index (χ3v) is 4.34. The summed E-state index contributed by atoms with van der Waals surface area (Å²) < 4.78 is 5.26. The lowest BCUT2D eigenvalue weighted by Crippen LogP contribution is -2.47. The zero-order valence-electron chi connectivity index (χ0n) is 12.5. The van der Waals surface area contributed by atoms with Gasteiger partial charge in [0.2, 0.25) is 5.89 Å². The summed E-state index contributed by atoms with van der Waals surface area (Å²) in [5.74, 6) is 2.11. The summed E-state index contributed by atoms with van der Waals surface area (Å²) in [6.07, 6.45) is 1.62. The maximum atomic E-state index is 6.22. The second-order valence-electron chi connectivity index (χ2n) is 5.34. The highest BCUT2D eigenvalue weighted by Gasteiger charge is 2.26. The Balaban J connectivity index is 1.65. The van der Waals surface area contributed by atoms with Crippen LogP contribution in [0.2, 0.25) is 10.0 Å². The topological polar surface area (TPSA) is 58.3 Å². The Kier molecular flexibility index (Phi) is 4.52. The first kappa shape index (κ1) is 15.5. The van der Waals surface area contributed by atoms with Crippen LogP contribution in [0, 0.1) is 6.92 Å². The second-order valence-corrected chi connectivity index (χ2v) is 6.18. The van der Waals surface area contributed by atoms with Gasteiger partial charge < -0.3 is 9.42 Å². The predicted molar refractivity (Wildman–Crippen MR) is 85.5 cm³/mol. The van der Waals surface area contributed by atoms with Crippen LogP contribution >= 0.6 is 23.2 Å². The van der Waals surface area contributed by atoms with E-state index in [0.29, 0.717) is 21.8 Å². The minimum atomic E-state index is 0.108. The molecule has 8 heteroatoms. The van der Waals surface area contributed by atoms with Crippen LogP contribution in [0.1, 0.15) is 24.7 Å². The summed E-state index contributed by atoms with van der Waals surface area (Å²) in [5.41, 5.74) is 0. The van der Waals surface area contributed by atoms with E-state index in [4.69, 9.17) is 27.7 Å². The monoisotopic (exact) mass is 341 g/mol. The SMILES string of the molecule is Cc1noc([C@@H](C)N2CCN(c3ncc(Cl)cc3Cl)CC2)n1. The number of hydrogen-bond donors (Lipinski definition) is 0. The molecular weight excluding hydrogens is 325 g/mol. The van der Waals surface area contributed by atoms with Gasteiger partial charge in [-0.05, 0) is 19.9 Å². The van der Waals surface area contributed by atoms with Crippen LogP contribution in [-0.2, 0) is 0 Å². The molecule has 0 aliphatic carbocycles. The summed E-state index contributed by atoms with van der Waals surface area (Å²) in [7, 11) is 0. The molecule has 0 unspecified atom stereocenters. The van der Waals surface area contributed by atoms with E-state index in [1.807, 2.05) is 6.92 Å². The van der Waals surface area contributed by atoms with E-state index in [9.17, 15) is 0 Å². The molecule has 1 aliphatic heterocycles. The molecule has 0 spiro atoms. The van der Waals surface area contributed by atoms with Crippen molar-refractivity contribution in [1.29, 1.82) is 0 Å². The highest BCUT2D eigenvalue weighted by molar-refractivity contribution is 6.36. The highest BCUT2D eigenvalue weighted by Crippen LogP contribution is 2.28. The molecule has 0 aromatic carbocycles. The van der Waals surface area contributed by atoms with Crippen molar-refractivity contribution in [3.05, 3.63) is 34.0 Å². The molecule has 3 rings (SSSR count). The first-order valence-corrected chi connectivity index (χ1v) is 7.90. The molecular formula is C14H17Cl2N5O. The van der Waals surface area contributed by atoms with E-state index < -0.39 is 0 Å². The van der Waals surface area contributed by atoms with Crippen LogP contribution in [0.25, 0.3) is 0 Å². The van der Waals surface area contributed by atoms with Crippen molar-refractivity contribution in [2.75, 3.05) is 31.1 Å². The average Bonchev–Trinajstić information content (AvgIpc) is 2.93. The number of halogens is 2. The molecule has 1 atom stereocenters. The largest absolute Gasteiger partial charge is 0.353 e. The Morgan fingerprint density at radius 3 is 2.55 bits per heavy atom. The first-order valence-electron chi connectivity index (χ1n) is 7.15. The van der Waals surface area contributed by atoms with Crippen molar-refractivity contribution in [3.8, 4) is 0 Å². The van der Waals surface area contributed by atoms with Crippen LogP contribution in [0.4, 0.5) is 5.82 Å². The molecule has 1 saturated heterocycles. The second kappa shape index (κ2) is 6.40. The number of hydrogen-bond acceptors (Lipinski definition) is 6. The van der Waals surface area contributed by atoms with Gasteiger partial charge in [-0.2, -0.15) is 4.98 Å². The van der Waals surface area contributed by atoms with Crippen LogP contribution in [0.5, 0.6) is 0 Å². The highest BCUT2D eigenvalue weighted by atomic mass is 35.5. The molecule has 1 fully saturated rings. The fraction of sp³-hybridized carbons (Fsp3) is 0.500. The Morgan fingerprint density at radius 1 is 1.23 bits per heavy atom. The molecule has 6 nitrogen and oxygen atoms in total. The lowest BCUT2D eigenvalue weighted by molar-refractivity contribution is 0.164. The summed E-state index contributed by atoms with van der Waals surface area (Å²) in [6.45, 7) is 7.34. The van der Waals surface area contributed by atoms with Crippen molar-refractivity contribution in [1.82, 2.24) is 20.0 Å². The van der Waals surface area contributed by atoms with Gasteiger partial charge in [0.25, 0.3) is 0 Å². The summed E-state index contributed by atoms with van der Waals surface area (Å²) in [5, 5.41) is 4.99. The third kappa shape index (κ3) is 3.19. The van der Waals surface area contributed by atoms with Crippen molar-refractivity contribution in [2.45, 2.75) is 19.9 Å². The molecule has 2 aromatic heterocycles. The fourth-order valence-corrected chi connectivity index (χ4v) is 3.10. The van der Waals surface area contributed by atoms with Gasteiger partial charge in [-0.25, -0.2) is 4.98 Å². The van der Waals surface area contributed by atoms with Crippen molar-refractivity contribution >= 4 is 29.0 Å². The fourth-order valence-electron chi connectivity index (χ4n) is 2.60. The zero-order chi connectivity index (χ0) is 15.7. The number of aryl methyl sites for hydroxylation is 1. The predicted octanol–water partition coefficient (Wildman–Crippen LogP) is 2.96. The number of aromatic nitrogens is 3. The van der Waals surface area contributed by atoms with Crippen LogP contribution in [-0.4, -0.2) is 46.2 Å². The van der Waals surface area contributed by atoms with Gasteiger partial charge in [-0.1, -0.05) is 28.4 Å². The molecule has 22 heavy (non-hydrogen) atoms. The Bertz CT molecular complexity index is 654. The molecule has 0 saturated carbocycles. The summed E-state index contributed by atoms with van der Waals surface area (Å²) >= 11 is 12.1. The first-order chi connectivity index (χ1) is 10.5. The molecule has 2 aromatic rings. The van der Waals surface area contributed by atoms with Crippen LogP contribution in [0.15, 0.2) is 16.8 Å². The summed E-state index contributed by atoms with van der Waals surface area (Å²) in [4.78, 5) is 13.1. The number of rotatable bonds is 3. The third-order valence-electron chi connectivity index (χ3n) is 3.85. The number of pyridine rings is 1. The van der Waals surface area contributed by atoms with Crippen molar-refractivity contribution in [2.24, 2.45) is 0 Å². The average molecular weight is 342 g/mol. The van der Waals surface area contributed by atoms with E-state index in [-0.39, 0.29) is 6.04 Å². The quantitative estimate of drug-likeness (QED) is 0.855. The van der Waals surface area contributed by atoms with E-state index in [2.05, 4.69) is 31.8 Å². The maximum absolute atomic E-state index is 6.22. The van der Waals surface area contributed by atoms with Crippen molar-refractivity contribution in [3.63, 3.8) is 0 Å². The zero-order valence-corrected chi connectivity index (χ0v) is 14.0. The maximum Gasteiger partial charge on any atom is 0.243 e. The molecule has 0 N–H and O–H groups in total. The lowest BCUT2D eigenvalue weighted by atomic mass is 10.2. The van der Waals surface area contributed by atoms with E-state index >= 15 is 0 Å². The van der Waals surface area contributed by atoms with Gasteiger partial charge in [-0.15, -0.1) is 0 Å². The van der Waals surface area contributed by atoms with E-state index in [1.54, 1.807) is 12.3 Å². The standard InChI is InChI=1S/C14H17Cl2N5O/c1-9(14-18-10(2)19-22-14)20-3-5-21(6-4-20)13-12(16)7-11(15)8-17-13/h7-9H,3-6H2,1-2H3/t9-/m1/s1. The Labute approximate surface area is 139 Å². The molecule has 0 amide bonds. The minimum Gasteiger partial charge on any atom is -0.353 e. The molecule has 3 heterocycles. The van der Waals surface area contributed by atoms with Gasteiger partial charge >= 0.3 is 0 Å². The van der Waals surface area contributed by atoms with Gasteiger partial charge in [0.15, 0.2) is 5.82 Å². The van der Waals surface area contributed by atoms with Crippen LogP contribution < -0.4 is 4.90 Å². The lowest BCUT2D eigenvalue weighted by Gasteiger charge is -2.37. The van der Waals surface area contributed by atoms with E-state index in [0.717, 1.165) is 32.0 Å². The minimum absolute atomic E-state index is 0.108. The van der Waals surface area contributed by atoms with Gasteiger partial charge in [0.1, 0.15) is 5.82 Å².